The highest BCUT2D eigenvalue weighted by atomic mass is 127. The van der Waals surface area contributed by atoms with E-state index in [2.05, 4.69) is 38.4 Å². The van der Waals surface area contributed by atoms with Crippen molar-refractivity contribution in [3.05, 3.63) is 59.0 Å². The lowest BCUT2D eigenvalue weighted by Crippen LogP contribution is -2.38. The average Bonchev–Trinajstić information content (AvgIpc) is 3.10. The van der Waals surface area contributed by atoms with Crippen LogP contribution in [0, 0.1) is 0 Å². The van der Waals surface area contributed by atoms with E-state index in [9.17, 15) is 0 Å². The summed E-state index contributed by atoms with van der Waals surface area (Å²) in [7, 11) is 5.80. The molecule has 0 aliphatic heterocycles. The Labute approximate surface area is 170 Å². The van der Waals surface area contributed by atoms with Crippen molar-refractivity contribution in [2.75, 3.05) is 14.1 Å². The molecule has 0 amide bonds. The van der Waals surface area contributed by atoms with Crippen LogP contribution in [0.15, 0.2) is 47.6 Å². The number of nitrogens with zero attached hydrogens (tertiary/aromatic N) is 3. The largest absolute Gasteiger partial charge is 0.357 e. The van der Waals surface area contributed by atoms with Crippen molar-refractivity contribution in [3.63, 3.8) is 0 Å². The first-order chi connectivity index (χ1) is 11.6. The number of aromatic nitrogens is 2. The predicted octanol–water partition coefficient (Wildman–Crippen LogP) is 3.99. The zero-order valence-electron chi connectivity index (χ0n) is 14.6. The van der Waals surface area contributed by atoms with Crippen molar-refractivity contribution in [1.29, 1.82) is 0 Å². The molecule has 0 radical (unpaired) electrons. The third kappa shape index (κ3) is 4.70. The van der Waals surface area contributed by atoms with E-state index in [1.807, 2.05) is 43.1 Å². The Morgan fingerprint density at radius 3 is 2.72 bits per heavy atom. The van der Waals surface area contributed by atoms with Crippen molar-refractivity contribution in [2.24, 2.45) is 12.0 Å². The molecule has 0 fully saturated rings. The molecule has 2 N–H and O–H groups in total. The van der Waals surface area contributed by atoms with Gasteiger partial charge in [-0.05, 0) is 23.6 Å². The summed E-state index contributed by atoms with van der Waals surface area (Å²) in [6.45, 7) is 1.43. The van der Waals surface area contributed by atoms with Gasteiger partial charge in [-0.1, -0.05) is 29.8 Å². The van der Waals surface area contributed by atoms with E-state index in [4.69, 9.17) is 11.6 Å². The molecule has 1 aromatic carbocycles. The number of nitrogens with one attached hydrogen (secondary N) is 2. The van der Waals surface area contributed by atoms with E-state index in [1.165, 1.54) is 5.39 Å². The number of H-pyrrole nitrogens is 1. The third-order valence-corrected chi connectivity index (χ3v) is 4.28. The van der Waals surface area contributed by atoms with Gasteiger partial charge in [-0.25, -0.2) is 0 Å². The number of aliphatic imine (C=N–C) groups is 1. The summed E-state index contributed by atoms with van der Waals surface area (Å²) in [6.07, 6.45) is 1.91. The Kier molecular flexibility index (Phi) is 6.78. The molecule has 0 unspecified atom stereocenters. The summed E-state index contributed by atoms with van der Waals surface area (Å²) in [5, 5.41) is 5.37. The molecule has 7 heteroatoms. The lowest BCUT2D eigenvalue weighted by atomic mass is 10.2. The Morgan fingerprint density at radius 1 is 1.32 bits per heavy atom. The van der Waals surface area contributed by atoms with Gasteiger partial charge in [-0.15, -0.1) is 24.0 Å². The van der Waals surface area contributed by atoms with Gasteiger partial charge >= 0.3 is 0 Å². The highest BCUT2D eigenvalue weighted by Gasteiger charge is 2.10. The summed E-state index contributed by atoms with van der Waals surface area (Å²) in [5.74, 6) is 0.839. The molecule has 0 bridgehead atoms. The maximum atomic E-state index is 6.05. The van der Waals surface area contributed by atoms with Crippen LogP contribution in [0.1, 0.15) is 11.4 Å². The van der Waals surface area contributed by atoms with Crippen molar-refractivity contribution >= 4 is 52.4 Å². The zero-order valence-corrected chi connectivity index (χ0v) is 17.7. The van der Waals surface area contributed by atoms with E-state index in [0.717, 1.165) is 34.4 Å². The summed E-state index contributed by atoms with van der Waals surface area (Å²) >= 11 is 6.05. The maximum Gasteiger partial charge on any atom is 0.194 e. The van der Waals surface area contributed by atoms with E-state index in [1.54, 1.807) is 7.05 Å². The fraction of sp³-hybridized carbons (Fsp3) is 0.278. The lowest BCUT2D eigenvalue weighted by Gasteiger charge is -2.22. The third-order valence-electron chi connectivity index (χ3n) is 4.07. The van der Waals surface area contributed by atoms with Gasteiger partial charge in [0.25, 0.3) is 0 Å². The Balaban J connectivity index is 0.00000225. The lowest BCUT2D eigenvalue weighted by molar-refractivity contribution is 0.461. The molecule has 25 heavy (non-hydrogen) atoms. The fourth-order valence-corrected chi connectivity index (χ4v) is 3.10. The van der Waals surface area contributed by atoms with Gasteiger partial charge in [0.2, 0.25) is 0 Å². The molecular formula is C18H23ClIN5. The Hall–Kier alpha value is -1.67. The molecule has 0 saturated heterocycles. The Bertz CT molecular complexity index is 834. The molecule has 2 heterocycles. The quantitative estimate of drug-likeness (QED) is 0.343. The summed E-state index contributed by atoms with van der Waals surface area (Å²) in [4.78, 5) is 9.86. The number of hydrogen-bond acceptors (Lipinski definition) is 1. The first-order valence-electron chi connectivity index (χ1n) is 7.86. The minimum Gasteiger partial charge on any atom is -0.357 e. The number of halogens is 2. The van der Waals surface area contributed by atoms with Gasteiger partial charge in [0.05, 0.1) is 18.1 Å². The molecule has 0 saturated carbocycles. The van der Waals surface area contributed by atoms with Crippen LogP contribution in [-0.4, -0.2) is 34.5 Å². The second-order valence-electron chi connectivity index (χ2n) is 5.90. The molecular weight excluding hydrogens is 449 g/mol. The van der Waals surface area contributed by atoms with Gasteiger partial charge in [0.15, 0.2) is 5.96 Å². The van der Waals surface area contributed by atoms with Crippen LogP contribution in [0.25, 0.3) is 10.9 Å². The van der Waals surface area contributed by atoms with Crippen molar-refractivity contribution in [1.82, 2.24) is 19.8 Å². The predicted molar refractivity (Wildman–Crippen MR) is 116 cm³/mol. The van der Waals surface area contributed by atoms with Crippen LogP contribution in [-0.2, 0) is 20.1 Å². The molecule has 5 nitrogen and oxygen atoms in total. The summed E-state index contributed by atoms with van der Waals surface area (Å²) < 4.78 is 2.03. The smallest absolute Gasteiger partial charge is 0.194 e. The van der Waals surface area contributed by atoms with Gasteiger partial charge in [-0.3, -0.25) is 4.99 Å². The molecule has 0 aliphatic carbocycles. The topological polar surface area (TPSA) is 48.4 Å². The number of aromatic amines is 1. The number of aryl methyl sites for hydroxylation is 1. The first kappa shape index (κ1) is 19.7. The van der Waals surface area contributed by atoms with Crippen LogP contribution in [0.5, 0.6) is 0 Å². The molecule has 3 rings (SSSR count). The van der Waals surface area contributed by atoms with E-state index in [0.29, 0.717) is 6.54 Å². The Morgan fingerprint density at radius 2 is 2.08 bits per heavy atom. The first-order valence-corrected chi connectivity index (χ1v) is 8.24. The van der Waals surface area contributed by atoms with Crippen molar-refractivity contribution in [3.8, 4) is 0 Å². The van der Waals surface area contributed by atoms with Crippen molar-refractivity contribution in [2.45, 2.75) is 13.1 Å². The van der Waals surface area contributed by atoms with Gasteiger partial charge in [0.1, 0.15) is 0 Å². The van der Waals surface area contributed by atoms with E-state index >= 15 is 0 Å². The molecule has 2 aromatic heterocycles. The zero-order chi connectivity index (χ0) is 17.1. The van der Waals surface area contributed by atoms with Gasteiger partial charge in [-0.2, -0.15) is 0 Å². The molecule has 0 atom stereocenters. The minimum atomic E-state index is 0. The normalized spacial score (nSPS) is 11.4. The summed E-state index contributed by atoms with van der Waals surface area (Å²) in [6, 6.07) is 12.4. The summed E-state index contributed by atoms with van der Waals surface area (Å²) in [5.41, 5.74) is 3.42. The SMILES string of the molecule is CN=C(NCc1cc2ccccc2[nH]1)N(C)Cc1cc(Cl)cn1C.I. The van der Waals surface area contributed by atoms with Crippen LogP contribution in [0.3, 0.4) is 0 Å². The monoisotopic (exact) mass is 471 g/mol. The second-order valence-corrected chi connectivity index (χ2v) is 6.34. The second kappa shape index (κ2) is 8.62. The van der Waals surface area contributed by atoms with E-state index in [-0.39, 0.29) is 24.0 Å². The van der Waals surface area contributed by atoms with Crippen LogP contribution >= 0.6 is 35.6 Å². The number of fused-ring (bicyclic) bond motifs is 1. The minimum absolute atomic E-state index is 0. The molecule has 134 valence electrons. The highest BCUT2D eigenvalue weighted by Crippen LogP contribution is 2.15. The number of para-hydroxylation sites is 1. The molecule has 0 spiro atoms. The number of hydrogen-bond donors (Lipinski definition) is 2. The van der Waals surface area contributed by atoms with Gasteiger partial charge in [0, 0.05) is 44.2 Å². The fourth-order valence-electron chi connectivity index (χ4n) is 2.83. The highest BCUT2D eigenvalue weighted by molar-refractivity contribution is 14.0. The molecule has 3 aromatic rings. The maximum absolute atomic E-state index is 6.05. The van der Waals surface area contributed by atoms with Gasteiger partial charge < -0.3 is 19.8 Å². The van der Waals surface area contributed by atoms with Crippen LogP contribution in [0.4, 0.5) is 0 Å². The standard InChI is InChI=1S/C18H22ClN5.HI/c1-20-18(24(3)12-16-9-14(19)11-23(16)2)21-10-15-8-13-6-4-5-7-17(13)22-15;/h4-9,11,22H,10,12H2,1-3H3,(H,20,21);1H. The average molecular weight is 472 g/mol. The van der Waals surface area contributed by atoms with Crippen LogP contribution in [0.2, 0.25) is 5.02 Å². The number of guanidine groups is 1. The molecule has 0 aliphatic rings. The van der Waals surface area contributed by atoms with E-state index < -0.39 is 0 Å². The van der Waals surface area contributed by atoms with Crippen molar-refractivity contribution < 1.29 is 0 Å². The number of rotatable bonds is 4. The number of benzene rings is 1. The van der Waals surface area contributed by atoms with Crippen LogP contribution < -0.4 is 5.32 Å².